The molecule has 7 heteroatoms. The first-order valence-electron chi connectivity index (χ1n) is 11.4. The molecule has 4 aromatic rings. The number of ether oxygens (including phenoxy) is 2. The number of aryl methyl sites for hydroxylation is 1. The molecule has 0 aliphatic rings. The third-order valence-electron chi connectivity index (χ3n) is 5.20. The first kappa shape index (κ1) is 28.2. The highest BCUT2D eigenvalue weighted by Gasteiger charge is 2.04. The maximum Gasteiger partial charge on any atom is 0.138 e. The molecule has 0 heterocycles. The molecule has 0 aliphatic heterocycles. The van der Waals surface area contributed by atoms with E-state index >= 15 is 0 Å². The van der Waals surface area contributed by atoms with Crippen LogP contribution in [0.25, 0.3) is 0 Å². The van der Waals surface area contributed by atoms with Gasteiger partial charge in [-0.05, 0) is 65.1 Å². The summed E-state index contributed by atoms with van der Waals surface area (Å²) in [5.41, 5.74) is 10.2. The van der Waals surface area contributed by atoms with E-state index in [-0.39, 0.29) is 0 Å². The second-order valence-corrected chi connectivity index (χ2v) is 9.61. The molecule has 0 bridgehead atoms. The van der Waals surface area contributed by atoms with E-state index in [1.54, 1.807) is 36.4 Å². The first-order chi connectivity index (χ1) is 17.4. The second kappa shape index (κ2) is 14.4. The van der Waals surface area contributed by atoms with Crippen LogP contribution in [0.3, 0.4) is 0 Å². The molecule has 0 spiro atoms. The Hall–Kier alpha value is -2.40. The van der Waals surface area contributed by atoms with Crippen LogP contribution in [-0.2, 0) is 26.2 Å². The van der Waals surface area contributed by atoms with Crippen LogP contribution in [0.15, 0.2) is 84.9 Å². The van der Waals surface area contributed by atoms with E-state index in [0.29, 0.717) is 51.3 Å². The fraction of sp³-hybridized carbons (Fsp3) is 0.172. The van der Waals surface area contributed by atoms with Crippen molar-refractivity contribution in [3.05, 3.63) is 127 Å². The number of benzene rings is 4. The molecule has 2 N–H and O–H groups in total. The van der Waals surface area contributed by atoms with Crippen molar-refractivity contribution >= 4 is 46.4 Å². The minimum atomic E-state index is 0.454. The first-order valence-corrected chi connectivity index (χ1v) is 12.9. The zero-order chi connectivity index (χ0) is 25.9. The van der Waals surface area contributed by atoms with E-state index in [4.69, 9.17) is 61.6 Å². The van der Waals surface area contributed by atoms with Gasteiger partial charge in [0.15, 0.2) is 0 Å². The Labute approximate surface area is 232 Å². The summed E-state index contributed by atoms with van der Waals surface area (Å²) in [6.45, 7) is 3.62. The van der Waals surface area contributed by atoms with Crippen molar-refractivity contribution in [2.75, 3.05) is 0 Å². The highest BCUT2D eigenvalue weighted by Crippen LogP contribution is 2.29. The van der Waals surface area contributed by atoms with Crippen molar-refractivity contribution in [2.24, 2.45) is 5.73 Å². The van der Waals surface area contributed by atoms with E-state index in [0.717, 1.165) is 23.1 Å². The molecule has 4 rings (SSSR count). The summed E-state index contributed by atoms with van der Waals surface area (Å²) < 4.78 is 11.3. The van der Waals surface area contributed by atoms with E-state index < -0.39 is 0 Å². The normalized spacial score (nSPS) is 10.4. The Kier molecular flexibility index (Phi) is 11.2. The van der Waals surface area contributed by atoms with Crippen LogP contribution in [0.2, 0.25) is 20.1 Å². The maximum absolute atomic E-state index is 6.04. The van der Waals surface area contributed by atoms with Crippen LogP contribution < -0.4 is 15.2 Å². The van der Waals surface area contributed by atoms with Crippen LogP contribution in [0, 0.1) is 0 Å². The summed E-state index contributed by atoms with van der Waals surface area (Å²) in [5, 5.41) is 2.25. The third-order valence-corrected chi connectivity index (χ3v) is 6.26. The minimum absolute atomic E-state index is 0.454. The highest BCUT2D eigenvalue weighted by molar-refractivity contribution is 6.36. The van der Waals surface area contributed by atoms with Gasteiger partial charge in [-0.25, -0.2) is 0 Å². The lowest BCUT2D eigenvalue weighted by Gasteiger charge is -2.09. The molecular formula is C29H27Cl4NO2. The fourth-order valence-corrected chi connectivity index (χ4v) is 4.22. The smallest absolute Gasteiger partial charge is 0.138 e. The molecule has 0 amide bonds. The van der Waals surface area contributed by atoms with Gasteiger partial charge in [0.2, 0.25) is 0 Å². The van der Waals surface area contributed by atoms with Crippen LogP contribution in [0.4, 0.5) is 0 Å². The molecule has 36 heavy (non-hydrogen) atoms. The van der Waals surface area contributed by atoms with Gasteiger partial charge < -0.3 is 15.2 Å². The van der Waals surface area contributed by atoms with Crippen molar-refractivity contribution in [2.45, 2.75) is 33.1 Å². The molecule has 0 aromatic heterocycles. The molecule has 0 saturated heterocycles. The number of nitrogens with two attached hydrogens (primary N) is 1. The van der Waals surface area contributed by atoms with E-state index in [2.05, 4.69) is 19.1 Å². The molecule has 188 valence electrons. The fourth-order valence-electron chi connectivity index (χ4n) is 3.29. The summed E-state index contributed by atoms with van der Waals surface area (Å²) in [5.74, 6) is 1.28. The minimum Gasteiger partial charge on any atom is -0.487 e. The van der Waals surface area contributed by atoms with Crippen molar-refractivity contribution in [3.8, 4) is 11.5 Å². The molecule has 0 saturated carbocycles. The average molecular weight is 563 g/mol. The largest absolute Gasteiger partial charge is 0.487 e. The quantitative estimate of drug-likeness (QED) is 0.233. The van der Waals surface area contributed by atoms with Gasteiger partial charge in [0, 0.05) is 16.6 Å². The number of rotatable bonds is 8. The lowest BCUT2D eigenvalue weighted by atomic mass is 10.1. The van der Waals surface area contributed by atoms with Gasteiger partial charge in [0.05, 0.1) is 10.0 Å². The van der Waals surface area contributed by atoms with Gasteiger partial charge in [0.25, 0.3) is 0 Å². The Balaban J connectivity index is 0.000000201. The molecule has 0 radical (unpaired) electrons. The van der Waals surface area contributed by atoms with E-state index in [1.165, 1.54) is 5.56 Å². The Morgan fingerprint density at radius 1 is 0.583 bits per heavy atom. The molecule has 3 nitrogen and oxygen atoms in total. The predicted molar refractivity (Wildman–Crippen MR) is 152 cm³/mol. The molecule has 0 unspecified atom stereocenters. The van der Waals surface area contributed by atoms with Crippen LogP contribution in [0.1, 0.15) is 29.2 Å². The topological polar surface area (TPSA) is 44.5 Å². The predicted octanol–water partition coefficient (Wildman–Crippen LogP) is 9.17. The zero-order valence-corrected chi connectivity index (χ0v) is 22.8. The number of hydrogen-bond acceptors (Lipinski definition) is 3. The van der Waals surface area contributed by atoms with Gasteiger partial charge in [-0.3, -0.25) is 0 Å². The maximum atomic E-state index is 6.04. The van der Waals surface area contributed by atoms with Gasteiger partial charge in [-0.2, -0.15) is 0 Å². The molecule has 0 fully saturated rings. The summed E-state index contributed by atoms with van der Waals surface area (Å²) in [6, 6.07) is 26.7. The SMILES string of the molecule is CCc1cccc(COc2ccc(Cl)cc2Cl)c1.NCc1cccc(COc2ccc(Cl)cc2Cl)c1. The van der Waals surface area contributed by atoms with Crippen LogP contribution >= 0.6 is 46.4 Å². The molecule has 0 atom stereocenters. The van der Waals surface area contributed by atoms with Crippen molar-refractivity contribution < 1.29 is 9.47 Å². The van der Waals surface area contributed by atoms with Gasteiger partial charge in [-0.15, -0.1) is 0 Å². The lowest BCUT2D eigenvalue weighted by Crippen LogP contribution is -2.00. The summed E-state index contributed by atoms with van der Waals surface area (Å²) in [7, 11) is 0. The zero-order valence-electron chi connectivity index (χ0n) is 19.8. The Morgan fingerprint density at radius 3 is 1.47 bits per heavy atom. The van der Waals surface area contributed by atoms with Gasteiger partial charge in [-0.1, -0.05) is 102 Å². The van der Waals surface area contributed by atoms with Crippen molar-refractivity contribution in [3.63, 3.8) is 0 Å². The standard InChI is InChI=1S/C15H14Cl2O.C14H13Cl2NO/c1-2-11-4-3-5-12(8-11)10-18-15-7-6-13(16)9-14(15)17;15-12-4-5-14(13(16)7-12)18-9-11-3-1-2-10(6-11)8-17/h3-9H,2,10H2,1H3;1-7H,8-9,17H2. The molecular weight excluding hydrogens is 536 g/mol. The van der Waals surface area contributed by atoms with Crippen molar-refractivity contribution in [1.29, 1.82) is 0 Å². The van der Waals surface area contributed by atoms with Gasteiger partial charge >= 0.3 is 0 Å². The summed E-state index contributed by atoms with van der Waals surface area (Å²) in [4.78, 5) is 0. The third kappa shape index (κ3) is 8.92. The second-order valence-electron chi connectivity index (χ2n) is 7.92. The van der Waals surface area contributed by atoms with Crippen LogP contribution in [0.5, 0.6) is 11.5 Å². The number of hydrogen-bond donors (Lipinski definition) is 1. The highest BCUT2D eigenvalue weighted by atomic mass is 35.5. The lowest BCUT2D eigenvalue weighted by molar-refractivity contribution is 0.306. The molecule has 4 aromatic carbocycles. The Bertz CT molecular complexity index is 1180. The van der Waals surface area contributed by atoms with Crippen molar-refractivity contribution in [1.82, 2.24) is 0 Å². The molecule has 0 aliphatic carbocycles. The number of halogens is 4. The van der Waals surface area contributed by atoms with E-state index in [9.17, 15) is 0 Å². The van der Waals surface area contributed by atoms with Crippen LogP contribution in [-0.4, -0.2) is 0 Å². The average Bonchev–Trinajstić information content (AvgIpc) is 2.88. The summed E-state index contributed by atoms with van der Waals surface area (Å²) in [6.07, 6.45) is 1.02. The van der Waals surface area contributed by atoms with Gasteiger partial charge in [0.1, 0.15) is 24.7 Å². The monoisotopic (exact) mass is 561 g/mol. The summed E-state index contributed by atoms with van der Waals surface area (Å²) >= 11 is 23.7. The van der Waals surface area contributed by atoms with E-state index in [1.807, 2.05) is 36.4 Å². The Morgan fingerprint density at radius 2 is 1.03 bits per heavy atom.